The van der Waals surface area contributed by atoms with Gasteiger partial charge in [-0.2, -0.15) is 0 Å². The van der Waals surface area contributed by atoms with Crippen molar-refractivity contribution in [1.82, 2.24) is 9.55 Å². The van der Waals surface area contributed by atoms with Gasteiger partial charge < -0.3 is 5.11 Å². The number of imidazole rings is 1. The Morgan fingerprint density at radius 2 is 2.00 bits per heavy atom. The topological polar surface area (TPSA) is 55.1 Å². The molecule has 1 heterocycles. The lowest BCUT2D eigenvalue weighted by atomic mass is 10.2. The summed E-state index contributed by atoms with van der Waals surface area (Å²) in [5.41, 5.74) is 1.63. The highest BCUT2D eigenvalue weighted by Crippen LogP contribution is 2.36. The van der Waals surface area contributed by atoms with Crippen molar-refractivity contribution in [2.24, 2.45) is 0 Å². The van der Waals surface area contributed by atoms with E-state index in [0.29, 0.717) is 21.2 Å². The fraction of sp³-hybridized carbons (Fsp3) is 0.176. The van der Waals surface area contributed by atoms with E-state index in [9.17, 15) is 14.3 Å². The number of para-hydroxylation sites is 2. The first-order valence-electron chi connectivity index (χ1n) is 7.15. The molecule has 7 heteroatoms. The summed E-state index contributed by atoms with van der Waals surface area (Å²) in [6.07, 6.45) is 0. The number of rotatable bonds is 4. The number of halogens is 2. The highest BCUT2D eigenvalue weighted by atomic mass is 35.5. The van der Waals surface area contributed by atoms with E-state index < -0.39 is 16.5 Å². The first-order chi connectivity index (χ1) is 11.3. The fourth-order valence-electron chi connectivity index (χ4n) is 2.24. The Labute approximate surface area is 147 Å². The van der Waals surface area contributed by atoms with Crippen LogP contribution in [-0.4, -0.2) is 25.4 Å². The Balaban J connectivity index is 2.25. The van der Waals surface area contributed by atoms with Gasteiger partial charge in [0.15, 0.2) is 5.16 Å². The molecule has 1 aromatic heterocycles. The van der Waals surface area contributed by atoms with Crippen LogP contribution in [0, 0.1) is 5.82 Å². The Morgan fingerprint density at radius 1 is 1.29 bits per heavy atom. The van der Waals surface area contributed by atoms with Gasteiger partial charge in [0.25, 0.3) is 0 Å². The molecule has 0 bridgehead atoms. The van der Waals surface area contributed by atoms with Gasteiger partial charge in [0.05, 0.1) is 16.7 Å². The fourth-order valence-corrected chi connectivity index (χ4v) is 3.37. The maximum Gasteiger partial charge on any atom is 0.319 e. The maximum absolute atomic E-state index is 14.5. The Morgan fingerprint density at radius 3 is 2.67 bits per heavy atom. The Hall–Kier alpha value is -2.05. The SMILES string of the molecule is CC(C)(Sc1nc2ccccc2n1-c1ccc(Cl)cc1F)C(=O)O. The third kappa shape index (κ3) is 2.99. The van der Waals surface area contributed by atoms with Gasteiger partial charge in [-0.05, 0) is 44.2 Å². The normalized spacial score (nSPS) is 11.8. The lowest BCUT2D eigenvalue weighted by molar-refractivity contribution is -0.138. The van der Waals surface area contributed by atoms with Gasteiger partial charge in [-0.3, -0.25) is 9.36 Å². The number of carboxylic acids is 1. The smallest absolute Gasteiger partial charge is 0.319 e. The monoisotopic (exact) mass is 364 g/mol. The van der Waals surface area contributed by atoms with Crippen molar-refractivity contribution >= 4 is 40.4 Å². The number of aromatic nitrogens is 2. The number of carbonyl (C=O) groups is 1. The molecule has 0 aliphatic heterocycles. The standard InChI is InChI=1S/C17H14ClFN2O2S/c1-17(2,15(22)23)24-16-20-12-5-3-4-6-14(12)21(16)13-8-7-10(18)9-11(13)19/h3-9H,1-2H3,(H,22,23). The van der Waals surface area contributed by atoms with Gasteiger partial charge >= 0.3 is 5.97 Å². The Kier molecular flexibility index (Phi) is 4.27. The second kappa shape index (κ2) is 6.11. The zero-order chi connectivity index (χ0) is 17.5. The molecular weight excluding hydrogens is 351 g/mol. The molecule has 0 fully saturated rings. The molecule has 0 aliphatic rings. The van der Waals surface area contributed by atoms with Gasteiger partial charge in [-0.1, -0.05) is 35.5 Å². The summed E-state index contributed by atoms with van der Waals surface area (Å²) in [7, 11) is 0. The molecule has 4 nitrogen and oxygen atoms in total. The number of hydrogen-bond acceptors (Lipinski definition) is 3. The van der Waals surface area contributed by atoms with Gasteiger partial charge in [-0.25, -0.2) is 9.37 Å². The van der Waals surface area contributed by atoms with Crippen LogP contribution in [-0.2, 0) is 4.79 Å². The minimum atomic E-state index is -1.11. The molecule has 1 N–H and O–H groups in total. The Bertz CT molecular complexity index is 939. The molecule has 24 heavy (non-hydrogen) atoms. The van der Waals surface area contributed by atoms with Crippen LogP contribution < -0.4 is 0 Å². The van der Waals surface area contributed by atoms with E-state index in [1.54, 1.807) is 36.6 Å². The van der Waals surface area contributed by atoms with E-state index in [4.69, 9.17) is 11.6 Å². The van der Waals surface area contributed by atoms with Crippen LogP contribution >= 0.6 is 23.4 Å². The summed E-state index contributed by atoms with van der Waals surface area (Å²) < 4.78 is 15.0. The van der Waals surface area contributed by atoms with E-state index in [-0.39, 0.29) is 5.69 Å². The number of thioether (sulfide) groups is 1. The highest BCUT2D eigenvalue weighted by molar-refractivity contribution is 8.01. The third-order valence-corrected chi connectivity index (χ3v) is 4.92. The van der Waals surface area contributed by atoms with Gasteiger partial charge in [0.1, 0.15) is 10.6 Å². The molecule has 3 aromatic rings. The van der Waals surface area contributed by atoms with Crippen LogP contribution in [0.3, 0.4) is 0 Å². The zero-order valence-electron chi connectivity index (χ0n) is 13.0. The minimum absolute atomic E-state index is 0.275. The van der Waals surface area contributed by atoms with Crippen LogP contribution in [0.25, 0.3) is 16.7 Å². The summed E-state index contributed by atoms with van der Waals surface area (Å²) in [6, 6.07) is 11.6. The van der Waals surface area contributed by atoms with Crippen LogP contribution in [0.2, 0.25) is 5.02 Å². The van der Waals surface area contributed by atoms with Crippen LogP contribution in [0.15, 0.2) is 47.6 Å². The molecule has 0 radical (unpaired) electrons. The average molecular weight is 365 g/mol. The molecule has 124 valence electrons. The number of fused-ring (bicyclic) bond motifs is 1. The van der Waals surface area contributed by atoms with Crippen molar-refractivity contribution < 1.29 is 14.3 Å². The second-order valence-corrected chi connectivity index (χ2v) is 7.76. The quantitative estimate of drug-likeness (QED) is 0.677. The first-order valence-corrected chi connectivity index (χ1v) is 8.34. The molecule has 3 rings (SSSR count). The van der Waals surface area contributed by atoms with Crippen molar-refractivity contribution in [2.75, 3.05) is 0 Å². The zero-order valence-corrected chi connectivity index (χ0v) is 14.5. The molecule has 0 saturated carbocycles. The minimum Gasteiger partial charge on any atom is -0.480 e. The largest absolute Gasteiger partial charge is 0.480 e. The summed E-state index contributed by atoms with van der Waals surface area (Å²) >= 11 is 6.90. The molecule has 2 aromatic carbocycles. The van der Waals surface area contributed by atoms with Gasteiger partial charge in [0.2, 0.25) is 0 Å². The summed E-state index contributed by atoms with van der Waals surface area (Å²) in [6.45, 7) is 3.17. The molecule has 0 spiro atoms. The van der Waals surface area contributed by atoms with E-state index in [0.717, 1.165) is 11.8 Å². The van der Waals surface area contributed by atoms with Crippen molar-refractivity contribution in [2.45, 2.75) is 23.8 Å². The van der Waals surface area contributed by atoms with Crippen molar-refractivity contribution in [3.05, 3.63) is 53.3 Å². The van der Waals surface area contributed by atoms with Crippen LogP contribution in [0.4, 0.5) is 4.39 Å². The molecule has 0 amide bonds. The number of aliphatic carboxylic acids is 1. The number of hydrogen-bond donors (Lipinski definition) is 1. The van der Waals surface area contributed by atoms with Crippen molar-refractivity contribution in [1.29, 1.82) is 0 Å². The highest BCUT2D eigenvalue weighted by Gasteiger charge is 2.31. The number of carboxylic acid groups (broad SMARTS) is 1. The predicted octanol–water partition coefficient (Wildman–Crippen LogP) is 4.77. The summed E-state index contributed by atoms with van der Waals surface area (Å²) in [5, 5.41) is 10.1. The van der Waals surface area contributed by atoms with Gasteiger partial charge in [0, 0.05) is 5.02 Å². The molecule has 0 aliphatic carbocycles. The van der Waals surface area contributed by atoms with E-state index in [2.05, 4.69) is 4.98 Å². The second-order valence-electron chi connectivity index (χ2n) is 5.73. The third-order valence-electron chi connectivity index (χ3n) is 3.54. The first kappa shape index (κ1) is 16.8. The summed E-state index contributed by atoms with van der Waals surface area (Å²) in [5.74, 6) is -1.47. The van der Waals surface area contributed by atoms with E-state index in [1.165, 1.54) is 6.07 Å². The van der Waals surface area contributed by atoms with E-state index >= 15 is 0 Å². The lowest BCUT2D eigenvalue weighted by Crippen LogP contribution is -2.27. The lowest BCUT2D eigenvalue weighted by Gasteiger charge is -2.19. The van der Waals surface area contributed by atoms with Crippen molar-refractivity contribution in [3.8, 4) is 5.69 Å². The molecule has 0 saturated heterocycles. The average Bonchev–Trinajstić information content (AvgIpc) is 2.84. The van der Waals surface area contributed by atoms with Crippen LogP contribution in [0.5, 0.6) is 0 Å². The maximum atomic E-state index is 14.5. The summed E-state index contributed by atoms with van der Waals surface area (Å²) in [4.78, 5) is 15.9. The van der Waals surface area contributed by atoms with Gasteiger partial charge in [-0.15, -0.1) is 0 Å². The molecular formula is C17H14ClFN2O2S. The van der Waals surface area contributed by atoms with E-state index in [1.807, 2.05) is 18.2 Å². The molecule has 0 atom stereocenters. The number of nitrogens with zero attached hydrogens (tertiary/aromatic N) is 2. The predicted molar refractivity (Wildman–Crippen MR) is 93.6 cm³/mol. The number of benzene rings is 2. The molecule has 0 unspecified atom stereocenters. The van der Waals surface area contributed by atoms with Crippen LogP contribution in [0.1, 0.15) is 13.8 Å². The van der Waals surface area contributed by atoms with Crippen molar-refractivity contribution in [3.63, 3.8) is 0 Å².